The summed E-state index contributed by atoms with van der Waals surface area (Å²) in [7, 11) is 2.08. The van der Waals surface area contributed by atoms with Crippen LogP contribution in [-0.4, -0.2) is 61.8 Å². The van der Waals surface area contributed by atoms with Crippen LogP contribution < -0.4 is 11.1 Å². The number of pyridine rings is 1. The van der Waals surface area contributed by atoms with Crippen molar-refractivity contribution in [2.24, 2.45) is 5.73 Å². The van der Waals surface area contributed by atoms with E-state index in [1.165, 1.54) is 12.8 Å². The van der Waals surface area contributed by atoms with E-state index in [1.807, 2.05) is 36.4 Å². The molecule has 1 aromatic carbocycles. The monoisotopic (exact) mass is 448 g/mol. The van der Waals surface area contributed by atoms with Gasteiger partial charge in [-0.25, -0.2) is 9.67 Å². The van der Waals surface area contributed by atoms with Gasteiger partial charge >= 0.3 is 0 Å². The third kappa shape index (κ3) is 5.63. The normalized spacial score (nSPS) is 15.2. The number of rotatable bonds is 10. The minimum Gasteiger partial charge on any atom is -0.381 e. The van der Waals surface area contributed by atoms with E-state index in [0.29, 0.717) is 11.9 Å². The van der Waals surface area contributed by atoms with Gasteiger partial charge in [0.25, 0.3) is 5.91 Å². The molecule has 2 aromatic heterocycles. The van der Waals surface area contributed by atoms with Gasteiger partial charge in [0.15, 0.2) is 11.9 Å². The molecular formula is C24H28N6O3. The number of aliphatic hydroxyl groups is 1. The fourth-order valence-electron chi connectivity index (χ4n) is 3.77. The summed E-state index contributed by atoms with van der Waals surface area (Å²) in [5.74, 6) is -1.02. The summed E-state index contributed by atoms with van der Waals surface area (Å²) < 4.78 is 1.57. The topological polar surface area (TPSA) is 126 Å². The van der Waals surface area contributed by atoms with Gasteiger partial charge in [-0.05, 0) is 50.1 Å². The van der Waals surface area contributed by atoms with Crippen LogP contribution in [0.1, 0.15) is 34.5 Å². The summed E-state index contributed by atoms with van der Waals surface area (Å²) in [5.41, 5.74) is 7.33. The van der Waals surface area contributed by atoms with Crippen LogP contribution in [0.3, 0.4) is 0 Å². The van der Waals surface area contributed by atoms with Crippen LogP contribution in [0.4, 0.5) is 0 Å². The third-order valence-corrected chi connectivity index (χ3v) is 5.76. The van der Waals surface area contributed by atoms with E-state index in [9.17, 15) is 14.7 Å². The lowest BCUT2D eigenvalue weighted by Gasteiger charge is -2.22. The van der Waals surface area contributed by atoms with Crippen molar-refractivity contribution in [1.82, 2.24) is 25.0 Å². The molecule has 0 radical (unpaired) electrons. The smallest absolute Gasteiger partial charge is 0.255 e. The van der Waals surface area contributed by atoms with Crippen LogP contribution in [0, 0.1) is 0 Å². The highest BCUT2D eigenvalue weighted by molar-refractivity contribution is 5.97. The predicted octanol–water partition coefficient (Wildman–Crippen LogP) is 1.05. The zero-order chi connectivity index (χ0) is 23.4. The van der Waals surface area contributed by atoms with Crippen molar-refractivity contribution in [3.05, 3.63) is 77.7 Å². The Kier molecular flexibility index (Phi) is 6.81. The van der Waals surface area contributed by atoms with Crippen molar-refractivity contribution in [2.45, 2.75) is 44.0 Å². The van der Waals surface area contributed by atoms with Gasteiger partial charge in [0.1, 0.15) is 0 Å². The molecule has 2 heterocycles. The molecule has 2 unspecified atom stereocenters. The van der Waals surface area contributed by atoms with E-state index >= 15 is 0 Å². The van der Waals surface area contributed by atoms with Gasteiger partial charge in [-0.15, -0.1) is 0 Å². The Morgan fingerprint density at radius 2 is 1.97 bits per heavy atom. The van der Waals surface area contributed by atoms with Gasteiger partial charge in [0, 0.05) is 25.0 Å². The quantitative estimate of drug-likeness (QED) is 0.426. The maximum atomic E-state index is 13.2. The van der Waals surface area contributed by atoms with Crippen molar-refractivity contribution in [1.29, 1.82) is 0 Å². The highest BCUT2D eigenvalue weighted by Gasteiger charge is 2.28. The van der Waals surface area contributed by atoms with Crippen molar-refractivity contribution in [2.75, 3.05) is 7.05 Å². The second kappa shape index (κ2) is 9.93. The molecular weight excluding hydrogens is 420 g/mol. The Balaban J connectivity index is 1.54. The second-order valence-electron chi connectivity index (χ2n) is 8.39. The fourth-order valence-corrected chi connectivity index (χ4v) is 3.77. The highest BCUT2D eigenvalue weighted by Crippen LogP contribution is 2.26. The minimum atomic E-state index is -1.54. The summed E-state index contributed by atoms with van der Waals surface area (Å²) >= 11 is 0. The summed E-state index contributed by atoms with van der Waals surface area (Å²) in [6.07, 6.45) is 4.49. The molecule has 0 saturated heterocycles. The minimum absolute atomic E-state index is 0.242. The lowest BCUT2D eigenvalue weighted by atomic mass is 10.0. The Labute approximate surface area is 192 Å². The van der Waals surface area contributed by atoms with Crippen molar-refractivity contribution >= 4 is 11.8 Å². The van der Waals surface area contributed by atoms with Gasteiger partial charge < -0.3 is 16.2 Å². The van der Waals surface area contributed by atoms with E-state index in [4.69, 9.17) is 5.73 Å². The molecule has 1 aliphatic rings. The van der Waals surface area contributed by atoms with Gasteiger partial charge in [0.05, 0.1) is 17.3 Å². The Hall–Kier alpha value is -3.56. The third-order valence-electron chi connectivity index (χ3n) is 5.76. The first-order chi connectivity index (χ1) is 15.9. The number of aliphatic hydroxyl groups excluding tert-OH is 1. The largest absolute Gasteiger partial charge is 0.381 e. The molecule has 2 amide bonds. The fraction of sp³-hybridized carbons (Fsp3) is 0.333. The Morgan fingerprint density at radius 3 is 2.67 bits per heavy atom. The predicted molar refractivity (Wildman–Crippen MR) is 122 cm³/mol. The number of nitrogens with two attached hydrogens (primary N) is 1. The zero-order valence-electron chi connectivity index (χ0n) is 18.5. The first kappa shape index (κ1) is 22.6. The number of hydrogen-bond acceptors (Lipinski definition) is 6. The number of carbonyl (C=O) groups excluding carboxylic acids is 2. The first-order valence-electron chi connectivity index (χ1n) is 10.9. The van der Waals surface area contributed by atoms with Crippen LogP contribution in [0.15, 0.2) is 60.9 Å². The number of aromatic nitrogens is 3. The zero-order valence-corrected chi connectivity index (χ0v) is 18.5. The highest BCUT2D eigenvalue weighted by atomic mass is 16.3. The molecule has 4 N–H and O–H groups in total. The van der Waals surface area contributed by atoms with E-state index in [1.54, 1.807) is 29.2 Å². The summed E-state index contributed by atoms with van der Waals surface area (Å²) in [4.78, 5) is 31.5. The maximum Gasteiger partial charge on any atom is 0.255 e. The van der Waals surface area contributed by atoms with E-state index < -0.39 is 24.0 Å². The molecule has 4 rings (SSSR count). The number of primary amides is 1. The van der Waals surface area contributed by atoms with Gasteiger partial charge in [0.2, 0.25) is 5.91 Å². The van der Waals surface area contributed by atoms with Crippen LogP contribution in [0.2, 0.25) is 0 Å². The van der Waals surface area contributed by atoms with Crippen LogP contribution in [-0.2, 0) is 17.8 Å². The summed E-state index contributed by atoms with van der Waals surface area (Å²) in [6, 6.07) is 14.2. The molecule has 2 atom stereocenters. The average molecular weight is 449 g/mol. The van der Waals surface area contributed by atoms with Crippen molar-refractivity contribution < 1.29 is 14.7 Å². The molecule has 172 valence electrons. The van der Waals surface area contributed by atoms with E-state index in [2.05, 4.69) is 27.3 Å². The molecule has 0 spiro atoms. The Bertz CT molecular complexity index is 1110. The molecule has 33 heavy (non-hydrogen) atoms. The average Bonchev–Trinajstić information content (AvgIpc) is 3.58. The standard InChI is InChI=1S/C24H28N6O3/c1-29(18-9-10-18)15-17-11-13-30(28-17)23-19(8-5-12-26-23)24(33)27-20(21(31)22(25)32)14-16-6-3-2-4-7-16/h2-8,11-13,18,20-21,31H,9-10,14-15H2,1H3,(H2,25,32)(H,27,33). The number of nitrogens with one attached hydrogen (secondary N) is 1. The molecule has 9 nitrogen and oxygen atoms in total. The van der Waals surface area contributed by atoms with Gasteiger partial charge in [-0.3, -0.25) is 14.5 Å². The van der Waals surface area contributed by atoms with E-state index in [0.717, 1.165) is 17.8 Å². The molecule has 1 fully saturated rings. The number of hydrogen-bond donors (Lipinski definition) is 3. The number of carbonyl (C=O) groups is 2. The first-order valence-corrected chi connectivity index (χ1v) is 10.9. The molecule has 0 aliphatic heterocycles. The van der Waals surface area contributed by atoms with Crippen LogP contribution in [0.25, 0.3) is 5.82 Å². The summed E-state index contributed by atoms with van der Waals surface area (Å²) in [5, 5.41) is 17.7. The number of benzene rings is 1. The maximum absolute atomic E-state index is 13.2. The number of amides is 2. The van der Waals surface area contributed by atoms with Gasteiger partial charge in [-0.1, -0.05) is 30.3 Å². The molecule has 3 aromatic rings. The Morgan fingerprint density at radius 1 is 1.21 bits per heavy atom. The molecule has 1 saturated carbocycles. The van der Waals surface area contributed by atoms with E-state index in [-0.39, 0.29) is 12.0 Å². The number of nitrogens with zero attached hydrogens (tertiary/aromatic N) is 4. The van der Waals surface area contributed by atoms with Gasteiger partial charge in [-0.2, -0.15) is 5.10 Å². The summed E-state index contributed by atoms with van der Waals surface area (Å²) in [6.45, 7) is 0.718. The molecule has 1 aliphatic carbocycles. The molecule has 0 bridgehead atoms. The second-order valence-corrected chi connectivity index (χ2v) is 8.39. The van der Waals surface area contributed by atoms with Crippen molar-refractivity contribution in [3.63, 3.8) is 0 Å². The van der Waals surface area contributed by atoms with Crippen LogP contribution >= 0.6 is 0 Å². The molecule has 9 heteroatoms. The lowest BCUT2D eigenvalue weighted by molar-refractivity contribution is -0.127. The van der Waals surface area contributed by atoms with Crippen LogP contribution in [0.5, 0.6) is 0 Å². The SMILES string of the molecule is CN(Cc1ccn(-c2ncccc2C(=O)NC(Cc2ccccc2)C(O)C(N)=O)n1)C1CC1. The van der Waals surface area contributed by atoms with Crippen molar-refractivity contribution in [3.8, 4) is 5.82 Å². The lowest BCUT2D eigenvalue weighted by Crippen LogP contribution is -2.50.